The summed E-state index contributed by atoms with van der Waals surface area (Å²) in [6.45, 7) is 0.210. The Bertz CT molecular complexity index is 210. The lowest BCUT2D eigenvalue weighted by atomic mass is 9.78. The quantitative estimate of drug-likeness (QED) is 0.335. The number of aliphatic hydroxyl groups excluding tert-OH is 2. The average Bonchev–Trinajstić information content (AvgIpc) is 2.12. The van der Waals surface area contributed by atoms with Gasteiger partial charge in [0.05, 0.1) is 18.1 Å². The van der Waals surface area contributed by atoms with Crippen molar-refractivity contribution in [1.29, 1.82) is 0 Å². The number of aliphatic hydroxyl groups is 2. The number of hydroxylamine groups is 1. The molecule has 1 rings (SSSR count). The van der Waals surface area contributed by atoms with Crippen LogP contribution in [0.5, 0.6) is 0 Å². The zero-order valence-electron chi connectivity index (χ0n) is 7.71. The van der Waals surface area contributed by atoms with E-state index in [1.165, 1.54) is 0 Å². The summed E-state index contributed by atoms with van der Waals surface area (Å²) in [5, 5.41) is 36.2. The van der Waals surface area contributed by atoms with Crippen LogP contribution in [0.1, 0.15) is 12.8 Å². The Balaban J connectivity index is 2.61. The number of quaternary nitrogens is 1. The summed E-state index contributed by atoms with van der Waals surface area (Å²) < 4.78 is 0. The lowest BCUT2D eigenvalue weighted by Crippen LogP contribution is -2.83. The molecule has 1 fully saturated rings. The largest absolute Gasteiger partial charge is 0.481 e. The first-order chi connectivity index (χ1) is 6.56. The van der Waals surface area contributed by atoms with E-state index in [2.05, 4.69) is 0 Å². The van der Waals surface area contributed by atoms with Crippen LogP contribution in [-0.2, 0) is 4.79 Å². The number of hydrogen-bond donors (Lipinski definition) is 5. The van der Waals surface area contributed by atoms with Crippen LogP contribution in [-0.4, -0.2) is 45.2 Å². The molecule has 0 aromatic rings. The molecule has 82 valence electrons. The van der Waals surface area contributed by atoms with Crippen LogP contribution in [0.4, 0.5) is 0 Å². The van der Waals surface area contributed by atoms with Crippen LogP contribution >= 0.6 is 0 Å². The van der Waals surface area contributed by atoms with Gasteiger partial charge in [-0.15, -0.1) is 0 Å². The maximum Gasteiger partial charge on any atom is 0.306 e. The Hall–Kier alpha value is -0.690. The van der Waals surface area contributed by atoms with Crippen molar-refractivity contribution in [3.63, 3.8) is 0 Å². The molecule has 0 radical (unpaired) electrons. The van der Waals surface area contributed by atoms with Gasteiger partial charge in [0.1, 0.15) is 6.54 Å². The van der Waals surface area contributed by atoms with Crippen molar-refractivity contribution >= 4 is 5.97 Å². The molecule has 1 saturated carbocycles. The highest BCUT2D eigenvalue weighted by molar-refractivity contribution is 5.70. The van der Waals surface area contributed by atoms with Crippen molar-refractivity contribution in [2.75, 3.05) is 6.54 Å². The van der Waals surface area contributed by atoms with Crippen molar-refractivity contribution in [3.05, 3.63) is 0 Å². The van der Waals surface area contributed by atoms with E-state index in [-0.39, 0.29) is 18.9 Å². The predicted molar refractivity (Wildman–Crippen MR) is 44.4 cm³/mol. The lowest BCUT2D eigenvalue weighted by molar-refractivity contribution is -0.890. The fourth-order valence-electron chi connectivity index (χ4n) is 1.92. The summed E-state index contributed by atoms with van der Waals surface area (Å²) in [6, 6.07) is 0. The fourth-order valence-corrected chi connectivity index (χ4v) is 1.92. The highest BCUT2D eigenvalue weighted by atomic mass is 16.5. The number of carboxylic acids is 1. The Morgan fingerprint density at radius 1 is 1.36 bits per heavy atom. The number of rotatable bonds is 3. The maximum absolute atomic E-state index is 10.7. The summed E-state index contributed by atoms with van der Waals surface area (Å²) in [6.07, 6.45) is -1.56. The van der Waals surface area contributed by atoms with Gasteiger partial charge in [-0.3, -0.25) is 4.79 Å². The lowest BCUT2D eigenvalue weighted by Gasteiger charge is -2.33. The minimum atomic E-state index is -1.00. The van der Waals surface area contributed by atoms with E-state index in [1.807, 2.05) is 0 Å². The predicted octanol–water partition coefficient (Wildman–Crippen LogP) is -2.23. The van der Waals surface area contributed by atoms with Gasteiger partial charge in [0.15, 0.2) is 0 Å². The van der Waals surface area contributed by atoms with Gasteiger partial charge < -0.3 is 15.3 Å². The van der Waals surface area contributed by atoms with Gasteiger partial charge in [-0.2, -0.15) is 0 Å². The monoisotopic (exact) mass is 206 g/mol. The molecule has 6 nitrogen and oxygen atoms in total. The van der Waals surface area contributed by atoms with Gasteiger partial charge in [-0.1, -0.05) is 0 Å². The molecular weight excluding hydrogens is 190 g/mol. The Labute approximate surface area is 81.1 Å². The summed E-state index contributed by atoms with van der Waals surface area (Å²) in [5.41, 5.74) is 0.894. The van der Waals surface area contributed by atoms with E-state index in [9.17, 15) is 15.0 Å². The van der Waals surface area contributed by atoms with Crippen molar-refractivity contribution in [1.82, 2.24) is 0 Å². The molecule has 1 aliphatic rings. The molecule has 6 heteroatoms. The number of carboxylic acid groups (broad SMARTS) is 1. The summed E-state index contributed by atoms with van der Waals surface area (Å²) in [4.78, 5) is 10.7. The second kappa shape index (κ2) is 4.70. The number of aliphatic carboxylic acids is 1. The topological polar surface area (TPSA) is 115 Å². The molecule has 0 bridgehead atoms. The van der Waals surface area contributed by atoms with Crippen molar-refractivity contribution in [2.24, 2.45) is 11.8 Å². The van der Waals surface area contributed by atoms with Gasteiger partial charge in [-0.25, -0.2) is 10.7 Å². The van der Waals surface area contributed by atoms with Crippen LogP contribution in [0.25, 0.3) is 0 Å². The zero-order chi connectivity index (χ0) is 10.7. The first-order valence-corrected chi connectivity index (χ1v) is 4.61. The zero-order valence-corrected chi connectivity index (χ0v) is 7.71. The third-order valence-electron chi connectivity index (χ3n) is 2.75. The first kappa shape index (κ1) is 11.4. The standard InChI is InChI=1S/C8H15NO5/c10-6-2-4(8(12)13)1-5(3-9-14)7(6)11/h4-7,9-11,14H,1-3H2,(H,12,13)/p+1/t4-,5-,6-,7-/m1/s1. The summed E-state index contributed by atoms with van der Waals surface area (Å²) >= 11 is 0. The highest BCUT2D eigenvalue weighted by Crippen LogP contribution is 2.29. The third-order valence-corrected chi connectivity index (χ3v) is 2.75. The summed E-state index contributed by atoms with van der Waals surface area (Å²) in [7, 11) is 0. The molecule has 6 N–H and O–H groups in total. The third kappa shape index (κ3) is 2.42. The van der Waals surface area contributed by atoms with E-state index in [0.29, 0.717) is 6.42 Å². The molecular formula is C8H16NO5+. The average molecular weight is 206 g/mol. The number of carbonyl (C=O) groups is 1. The van der Waals surface area contributed by atoms with Gasteiger partial charge >= 0.3 is 5.97 Å². The normalized spacial score (nSPS) is 38.2. The summed E-state index contributed by atoms with van der Waals surface area (Å²) in [5.74, 6) is -1.96. The molecule has 0 aromatic heterocycles. The fraction of sp³-hybridized carbons (Fsp3) is 0.875. The van der Waals surface area contributed by atoms with E-state index < -0.39 is 24.1 Å². The van der Waals surface area contributed by atoms with Crippen LogP contribution in [0.3, 0.4) is 0 Å². The van der Waals surface area contributed by atoms with Gasteiger partial charge in [-0.05, 0) is 12.8 Å². The first-order valence-electron chi connectivity index (χ1n) is 4.61. The Morgan fingerprint density at radius 2 is 2.00 bits per heavy atom. The smallest absolute Gasteiger partial charge is 0.306 e. The van der Waals surface area contributed by atoms with Gasteiger partial charge in [0.2, 0.25) is 0 Å². The van der Waals surface area contributed by atoms with Crippen LogP contribution in [0.15, 0.2) is 0 Å². The van der Waals surface area contributed by atoms with Crippen molar-refractivity contribution in [3.8, 4) is 0 Å². The molecule has 0 amide bonds. The van der Waals surface area contributed by atoms with Crippen molar-refractivity contribution < 1.29 is 30.8 Å². The van der Waals surface area contributed by atoms with E-state index >= 15 is 0 Å². The molecule has 4 atom stereocenters. The molecule has 0 aromatic carbocycles. The maximum atomic E-state index is 10.7. The van der Waals surface area contributed by atoms with Gasteiger partial charge in [0.25, 0.3) is 0 Å². The van der Waals surface area contributed by atoms with E-state index in [4.69, 9.17) is 10.3 Å². The van der Waals surface area contributed by atoms with Crippen LogP contribution < -0.4 is 5.48 Å². The number of hydrogen-bond acceptors (Lipinski definition) is 4. The molecule has 0 heterocycles. The molecule has 0 saturated heterocycles. The molecule has 1 aliphatic carbocycles. The van der Waals surface area contributed by atoms with Crippen LogP contribution in [0.2, 0.25) is 0 Å². The van der Waals surface area contributed by atoms with Crippen molar-refractivity contribution in [2.45, 2.75) is 25.0 Å². The molecule has 0 aliphatic heterocycles. The van der Waals surface area contributed by atoms with Gasteiger partial charge in [0, 0.05) is 5.92 Å². The molecule has 0 spiro atoms. The van der Waals surface area contributed by atoms with E-state index in [0.717, 1.165) is 5.48 Å². The highest BCUT2D eigenvalue weighted by Gasteiger charge is 2.39. The second-order valence-corrected chi connectivity index (χ2v) is 3.74. The second-order valence-electron chi connectivity index (χ2n) is 3.74. The van der Waals surface area contributed by atoms with E-state index in [1.54, 1.807) is 0 Å². The SMILES string of the molecule is O=C(O)[C@@H]1C[C@H](C[NH2+]O)[C@@H](O)[C@H](O)C1. The minimum absolute atomic E-state index is 0.0818. The molecule has 14 heavy (non-hydrogen) atoms. The number of nitrogens with two attached hydrogens (primary N) is 1. The minimum Gasteiger partial charge on any atom is -0.481 e. The Morgan fingerprint density at radius 3 is 2.50 bits per heavy atom. The van der Waals surface area contributed by atoms with Crippen LogP contribution in [0, 0.1) is 11.8 Å². The Kier molecular flexibility index (Phi) is 3.82. The molecule has 0 unspecified atom stereocenters.